The van der Waals surface area contributed by atoms with E-state index in [0.29, 0.717) is 39.2 Å². The average molecular weight is 384 g/mol. The van der Waals surface area contributed by atoms with E-state index in [1.54, 1.807) is 44.6 Å². The first-order valence-electron chi connectivity index (χ1n) is 8.05. The van der Waals surface area contributed by atoms with E-state index < -0.39 is 0 Å². The number of nitrogens with zero attached hydrogens (tertiary/aromatic N) is 1. The molecule has 0 unspecified atom stereocenters. The van der Waals surface area contributed by atoms with Crippen LogP contribution in [0.25, 0.3) is 6.08 Å². The summed E-state index contributed by atoms with van der Waals surface area (Å²) in [4.78, 5) is 14.7. The molecule has 4 rings (SSSR count). The van der Waals surface area contributed by atoms with Crippen LogP contribution in [0.1, 0.15) is 5.56 Å². The van der Waals surface area contributed by atoms with Crippen molar-refractivity contribution in [3.05, 3.63) is 46.9 Å². The van der Waals surface area contributed by atoms with Gasteiger partial charge < -0.3 is 18.9 Å². The summed E-state index contributed by atoms with van der Waals surface area (Å²) in [6, 6.07) is 10.6. The number of anilines is 1. The summed E-state index contributed by atoms with van der Waals surface area (Å²) >= 11 is 1.09. The van der Waals surface area contributed by atoms with E-state index in [9.17, 15) is 4.79 Å². The highest BCUT2D eigenvalue weighted by Crippen LogP contribution is 2.41. The lowest BCUT2D eigenvalue weighted by atomic mass is 10.1. The van der Waals surface area contributed by atoms with E-state index in [2.05, 4.69) is 0 Å². The molecule has 2 aromatic rings. The molecule has 0 aromatic heterocycles. The number of amides is 1. The second-order valence-corrected chi connectivity index (χ2v) is 6.71. The zero-order chi connectivity index (χ0) is 19.0. The van der Waals surface area contributed by atoms with Gasteiger partial charge in [-0.15, -0.1) is 0 Å². The zero-order valence-corrected chi connectivity index (χ0v) is 15.5. The molecule has 7 nitrogen and oxygen atoms in total. The van der Waals surface area contributed by atoms with Crippen LogP contribution in [0.5, 0.6) is 23.0 Å². The Bertz CT molecular complexity index is 973. The van der Waals surface area contributed by atoms with Crippen LogP contribution >= 0.6 is 11.8 Å². The minimum Gasteiger partial charge on any atom is -0.493 e. The number of carbonyl (C=O) groups is 1. The molecule has 1 amide bonds. The summed E-state index contributed by atoms with van der Waals surface area (Å²) < 4.78 is 21.4. The second kappa shape index (κ2) is 6.88. The van der Waals surface area contributed by atoms with Gasteiger partial charge in [-0.05, 0) is 36.0 Å². The van der Waals surface area contributed by atoms with E-state index in [1.807, 2.05) is 12.1 Å². The van der Waals surface area contributed by atoms with Gasteiger partial charge in [-0.25, -0.2) is 0 Å². The summed E-state index contributed by atoms with van der Waals surface area (Å²) in [7, 11) is 3.10. The molecule has 8 heteroatoms. The Morgan fingerprint density at radius 1 is 1.15 bits per heavy atom. The first-order valence-corrected chi connectivity index (χ1v) is 8.87. The second-order valence-electron chi connectivity index (χ2n) is 5.68. The number of benzene rings is 2. The number of para-hydroxylation sites is 1. The van der Waals surface area contributed by atoms with Crippen molar-refractivity contribution >= 4 is 34.6 Å². The number of hydrogen-bond acceptors (Lipinski definition) is 7. The van der Waals surface area contributed by atoms with Gasteiger partial charge in [-0.3, -0.25) is 15.1 Å². The smallest absolute Gasteiger partial charge is 0.271 e. The zero-order valence-electron chi connectivity index (χ0n) is 14.6. The lowest BCUT2D eigenvalue weighted by molar-refractivity contribution is -0.113. The molecule has 2 heterocycles. The van der Waals surface area contributed by atoms with Gasteiger partial charge in [0.05, 0.1) is 24.8 Å². The molecule has 1 saturated heterocycles. The molecule has 0 aliphatic carbocycles. The Morgan fingerprint density at radius 3 is 2.74 bits per heavy atom. The van der Waals surface area contributed by atoms with Crippen molar-refractivity contribution in [2.24, 2.45) is 0 Å². The Labute approximate surface area is 160 Å². The van der Waals surface area contributed by atoms with E-state index >= 15 is 0 Å². The largest absolute Gasteiger partial charge is 0.493 e. The van der Waals surface area contributed by atoms with Crippen molar-refractivity contribution in [3.8, 4) is 23.0 Å². The molecular weight excluding hydrogens is 368 g/mol. The topological polar surface area (TPSA) is 81.1 Å². The number of ether oxygens (including phenoxy) is 4. The molecule has 0 radical (unpaired) electrons. The third kappa shape index (κ3) is 2.97. The fraction of sp³-hybridized carbons (Fsp3) is 0.158. The Hall–Kier alpha value is -3.13. The average Bonchev–Trinajstić information content (AvgIpc) is 3.25. The van der Waals surface area contributed by atoms with Crippen LogP contribution in [0.15, 0.2) is 41.3 Å². The summed E-state index contributed by atoms with van der Waals surface area (Å²) in [5, 5.41) is 8.36. The Kier molecular flexibility index (Phi) is 4.41. The fourth-order valence-electron chi connectivity index (χ4n) is 2.91. The normalized spacial score (nSPS) is 17.0. The first-order chi connectivity index (χ1) is 13.1. The van der Waals surface area contributed by atoms with Gasteiger partial charge in [0.1, 0.15) is 0 Å². The quantitative estimate of drug-likeness (QED) is 0.813. The number of rotatable bonds is 4. The maximum atomic E-state index is 12.9. The van der Waals surface area contributed by atoms with E-state index in [4.69, 9.17) is 24.4 Å². The first kappa shape index (κ1) is 17.3. The standard InChI is InChI=1S/C19H16N2O5S/c1-23-14-5-3-4-11(17(14)24-2)8-16-18(22)21(19(20)27-16)12-6-7-13-15(9-12)26-10-25-13/h3-9,20H,10H2,1-2H3. The highest BCUT2D eigenvalue weighted by atomic mass is 32.2. The lowest BCUT2D eigenvalue weighted by Gasteiger charge is -2.14. The summed E-state index contributed by atoms with van der Waals surface area (Å²) in [6.45, 7) is 0.152. The number of fused-ring (bicyclic) bond motifs is 1. The fourth-order valence-corrected chi connectivity index (χ4v) is 3.77. The third-order valence-corrected chi connectivity index (χ3v) is 5.05. The molecular formula is C19H16N2O5S. The number of amidine groups is 1. The van der Waals surface area contributed by atoms with Gasteiger partial charge in [-0.1, -0.05) is 12.1 Å². The molecule has 0 bridgehead atoms. The molecule has 2 aliphatic heterocycles. The van der Waals surface area contributed by atoms with Gasteiger partial charge in [0.25, 0.3) is 5.91 Å². The molecule has 0 atom stereocenters. The van der Waals surface area contributed by atoms with Crippen molar-refractivity contribution in [3.63, 3.8) is 0 Å². The van der Waals surface area contributed by atoms with E-state index in [-0.39, 0.29) is 17.9 Å². The van der Waals surface area contributed by atoms with Crippen molar-refractivity contribution in [2.45, 2.75) is 0 Å². The van der Waals surface area contributed by atoms with Gasteiger partial charge in [0.15, 0.2) is 28.2 Å². The Balaban J connectivity index is 1.68. The lowest BCUT2D eigenvalue weighted by Crippen LogP contribution is -2.28. The number of methoxy groups -OCH3 is 2. The molecule has 2 aromatic carbocycles. The van der Waals surface area contributed by atoms with E-state index in [0.717, 1.165) is 11.8 Å². The molecule has 0 saturated carbocycles. The van der Waals surface area contributed by atoms with Gasteiger partial charge in [-0.2, -0.15) is 0 Å². The van der Waals surface area contributed by atoms with Crippen molar-refractivity contribution < 1.29 is 23.7 Å². The van der Waals surface area contributed by atoms with Crippen LogP contribution in [0.3, 0.4) is 0 Å². The Morgan fingerprint density at radius 2 is 1.96 bits per heavy atom. The number of nitrogens with one attached hydrogen (secondary N) is 1. The monoisotopic (exact) mass is 384 g/mol. The summed E-state index contributed by atoms with van der Waals surface area (Å²) in [5.41, 5.74) is 1.26. The third-order valence-electron chi connectivity index (χ3n) is 4.16. The predicted octanol–water partition coefficient (Wildman–Crippen LogP) is 3.49. The maximum Gasteiger partial charge on any atom is 0.271 e. The van der Waals surface area contributed by atoms with Crippen LogP contribution in [-0.4, -0.2) is 32.1 Å². The summed E-state index contributed by atoms with van der Waals surface area (Å²) in [6.07, 6.45) is 1.70. The highest BCUT2D eigenvalue weighted by molar-refractivity contribution is 8.19. The van der Waals surface area contributed by atoms with Gasteiger partial charge in [0.2, 0.25) is 6.79 Å². The van der Waals surface area contributed by atoms with Crippen molar-refractivity contribution in [1.29, 1.82) is 5.41 Å². The number of carbonyl (C=O) groups excluding carboxylic acids is 1. The SMILES string of the molecule is COc1cccc(C=C2SC(=N)N(c3ccc4c(c3)OCO4)C2=O)c1OC. The van der Waals surface area contributed by atoms with Crippen molar-refractivity contribution in [1.82, 2.24) is 0 Å². The van der Waals surface area contributed by atoms with Crippen LogP contribution in [0.2, 0.25) is 0 Å². The van der Waals surface area contributed by atoms with Gasteiger partial charge >= 0.3 is 0 Å². The molecule has 2 aliphatic rings. The minimum absolute atomic E-state index is 0.118. The summed E-state index contributed by atoms with van der Waals surface area (Å²) in [5.74, 6) is 2.01. The molecule has 1 fully saturated rings. The number of thioether (sulfide) groups is 1. The van der Waals surface area contributed by atoms with Crippen LogP contribution < -0.4 is 23.8 Å². The van der Waals surface area contributed by atoms with Gasteiger partial charge in [0, 0.05) is 11.6 Å². The molecule has 0 spiro atoms. The van der Waals surface area contributed by atoms with Crippen molar-refractivity contribution in [2.75, 3.05) is 25.9 Å². The maximum absolute atomic E-state index is 12.9. The van der Waals surface area contributed by atoms with Crippen LogP contribution in [0, 0.1) is 5.41 Å². The minimum atomic E-state index is -0.284. The van der Waals surface area contributed by atoms with E-state index in [1.165, 1.54) is 4.90 Å². The molecule has 138 valence electrons. The molecule has 1 N–H and O–H groups in total. The highest BCUT2D eigenvalue weighted by Gasteiger charge is 2.34. The van der Waals surface area contributed by atoms with Crippen LogP contribution in [-0.2, 0) is 4.79 Å². The predicted molar refractivity (Wildman–Crippen MR) is 103 cm³/mol. The van der Waals surface area contributed by atoms with Crippen LogP contribution in [0.4, 0.5) is 5.69 Å². The number of hydrogen-bond donors (Lipinski definition) is 1. The molecule has 27 heavy (non-hydrogen) atoms.